The summed E-state index contributed by atoms with van der Waals surface area (Å²) in [7, 11) is 0. The fourth-order valence-electron chi connectivity index (χ4n) is 9.82. The SMILES string of the molecule is CC1C=CC=C(c2cccc(-c3ccc(N(c4ccccc4)c4ccccc4-c4ccccc4N(c4ccc(-c5ccccc5)cc4)c4ccc(-c5ccccc5)cc4)cc3-c3ccccc3)c2)C1. The Kier molecular flexibility index (Phi) is 12.2. The van der Waals surface area contributed by atoms with E-state index in [4.69, 9.17) is 0 Å². The molecule has 0 saturated carbocycles. The van der Waals surface area contributed by atoms with Gasteiger partial charge in [0.05, 0.1) is 11.4 Å². The maximum atomic E-state index is 2.42. The van der Waals surface area contributed by atoms with Crippen molar-refractivity contribution in [3.05, 3.63) is 285 Å². The molecule has 0 aliphatic heterocycles. The summed E-state index contributed by atoms with van der Waals surface area (Å²) in [6, 6.07) is 94.5. The standard InChI is InChI=1S/C67H52N2/c1-49-20-18-27-55(46-49)56-28-19-29-57(47-56)62-45-44-61(48-65(62)54-25-10-4-11-26-54)69(58-30-12-5-13-31-58)67-35-17-15-33-64(67)63-32-14-16-34-66(63)68(59-40-36-52(37-41-59)50-21-6-2-7-22-50)60-42-38-53(39-43-60)51-23-8-3-9-24-51/h2-45,47-49H,46H2,1H3. The first-order valence-electron chi connectivity index (χ1n) is 24.0. The first-order chi connectivity index (χ1) is 34.1. The van der Waals surface area contributed by atoms with Crippen molar-refractivity contribution in [1.82, 2.24) is 0 Å². The molecule has 2 nitrogen and oxygen atoms in total. The van der Waals surface area contributed by atoms with E-state index in [1.807, 2.05) is 0 Å². The summed E-state index contributed by atoms with van der Waals surface area (Å²) in [5.41, 5.74) is 20.8. The Balaban J connectivity index is 1.06. The smallest absolute Gasteiger partial charge is 0.0540 e. The molecule has 10 aromatic rings. The number of hydrogen-bond acceptors (Lipinski definition) is 2. The van der Waals surface area contributed by atoms with Crippen LogP contribution >= 0.6 is 0 Å². The molecular formula is C67H52N2. The molecule has 0 saturated heterocycles. The summed E-state index contributed by atoms with van der Waals surface area (Å²) in [4.78, 5) is 4.83. The van der Waals surface area contributed by atoms with Gasteiger partial charge in [-0.25, -0.2) is 0 Å². The van der Waals surface area contributed by atoms with Crippen molar-refractivity contribution in [3.8, 4) is 55.6 Å². The molecule has 1 aliphatic carbocycles. The summed E-state index contributed by atoms with van der Waals surface area (Å²) < 4.78 is 0. The van der Waals surface area contributed by atoms with Crippen molar-refractivity contribution in [3.63, 3.8) is 0 Å². The van der Waals surface area contributed by atoms with E-state index >= 15 is 0 Å². The van der Waals surface area contributed by atoms with Crippen molar-refractivity contribution >= 4 is 39.7 Å². The maximum absolute atomic E-state index is 2.42. The van der Waals surface area contributed by atoms with Gasteiger partial charge in [-0.1, -0.05) is 219 Å². The molecule has 0 bridgehead atoms. The van der Waals surface area contributed by atoms with Crippen LogP contribution in [0.2, 0.25) is 0 Å². The van der Waals surface area contributed by atoms with E-state index in [0.29, 0.717) is 5.92 Å². The summed E-state index contributed by atoms with van der Waals surface area (Å²) >= 11 is 0. The zero-order valence-electron chi connectivity index (χ0n) is 38.7. The minimum Gasteiger partial charge on any atom is -0.310 e. The van der Waals surface area contributed by atoms with Crippen LogP contribution in [0.3, 0.4) is 0 Å². The molecule has 69 heavy (non-hydrogen) atoms. The van der Waals surface area contributed by atoms with Crippen LogP contribution in [0.1, 0.15) is 18.9 Å². The van der Waals surface area contributed by atoms with Gasteiger partial charge in [-0.2, -0.15) is 0 Å². The van der Waals surface area contributed by atoms with Gasteiger partial charge < -0.3 is 9.80 Å². The Bertz CT molecular complexity index is 3310. The number of rotatable bonds is 12. The molecule has 0 radical (unpaired) electrons. The predicted octanol–water partition coefficient (Wildman–Crippen LogP) is 18.9. The monoisotopic (exact) mass is 884 g/mol. The summed E-state index contributed by atoms with van der Waals surface area (Å²) in [5.74, 6) is 0.521. The zero-order valence-corrected chi connectivity index (χ0v) is 38.7. The van der Waals surface area contributed by atoms with Crippen molar-refractivity contribution in [2.24, 2.45) is 5.92 Å². The highest BCUT2D eigenvalue weighted by Gasteiger charge is 2.24. The van der Waals surface area contributed by atoms with Crippen LogP contribution in [-0.2, 0) is 0 Å². The van der Waals surface area contributed by atoms with Gasteiger partial charge in [-0.05, 0) is 135 Å². The molecule has 1 atom stereocenters. The van der Waals surface area contributed by atoms with E-state index in [2.05, 4.69) is 296 Å². The Labute approximate surface area is 407 Å². The third-order valence-corrected chi connectivity index (χ3v) is 13.2. The molecule has 11 rings (SSSR count). The average molecular weight is 885 g/mol. The second kappa shape index (κ2) is 19.6. The van der Waals surface area contributed by atoms with E-state index in [0.717, 1.165) is 51.7 Å². The molecule has 0 aromatic heterocycles. The molecule has 0 fully saturated rings. The van der Waals surface area contributed by atoms with Crippen LogP contribution < -0.4 is 9.80 Å². The highest BCUT2D eigenvalue weighted by atomic mass is 15.2. The molecule has 0 spiro atoms. The quantitative estimate of drug-likeness (QED) is 0.121. The van der Waals surface area contributed by atoms with Gasteiger partial charge in [-0.3, -0.25) is 0 Å². The van der Waals surface area contributed by atoms with Gasteiger partial charge in [0.2, 0.25) is 0 Å². The number of benzene rings is 10. The molecule has 0 N–H and O–H groups in total. The first-order valence-corrected chi connectivity index (χ1v) is 24.0. The molecule has 10 aromatic carbocycles. The van der Waals surface area contributed by atoms with Crippen LogP contribution in [0.25, 0.3) is 61.2 Å². The summed E-state index contributed by atoms with van der Waals surface area (Å²) in [6.07, 6.45) is 7.81. The third-order valence-electron chi connectivity index (χ3n) is 13.2. The maximum Gasteiger partial charge on any atom is 0.0540 e. The van der Waals surface area contributed by atoms with Crippen LogP contribution in [0.15, 0.2) is 279 Å². The third kappa shape index (κ3) is 9.09. The van der Waals surface area contributed by atoms with Gasteiger partial charge in [0.1, 0.15) is 0 Å². The van der Waals surface area contributed by atoms with Crippen molar-refractivity contribution in [1.29, 1.82) is 0 Å². The molecular weight excluding hydrogens is 833 g/mol. The van der Waals surface area contributed by atoms with Gasteiger partial charge in [0, 0.05) is 33.9 Å². The fraction of sp³-hybridized carbons (Fsp3) is 0.0448. The number of nitrogens with zero attached hydrogens (tertiary/aromatic N) is 2. The minimum atomic E-state index is 0.521. The molecule has 1 unspecified atom stereocenters. The van der Waals surface area contributed by atoms with Crippen molar-refractivity contribution in [2.75, 3.05) is 9.80 Å². The van der Waals surface area contributed by atoms with E-state index < -0.39 is 0 Å². The largest absolute Gasteiger partial charge is 0.310 e. The lowest BCUT2D eigenvalue weighted by Crippen LogP contribution is -2.13. The lowest BCUT2D eigenvalue weighted by atomic mass is 9.88. The number of anilines is 6. The molecule has 330 valence electrons. The van der Waals surface area contributed by atoms with E-state index in [9.17, 15) is 0 Å². The van der Waals surface area contributed by atoms with Crippen LogP contribution in [-0.4, -0.2) is 0 Å². The zero-order chi connectivity index (χ0) is 46.4. The normalized spacial score (nSPS) is 13.1. The van der Waals surface area contributed by atoms with E-state index in [1.54, 1.807) is 0 Å². The van der Waals surface area contributed by atoms with Crippen molar-refractivity contribution in [2.45, 2.75) is 13.3 Å². The van der Waals surface area contributed by atoms with Crippen LogP contribution in [0.4, 0.5) is 34.1 Å². The van der Waals surface area contributed by atoms with Gasteiger partial charge in [0.25, 0.3) is 0 Å². The lowest BCUT2D eigenvalue weighted by Gasteiger charge is -2.31. The summed E-state index contributed by atoms with van der Waals surface area (Å²) in [6.45, 7) is 2.29. The Morgan fingerprint density at radius 3 is 1.28 bits per heavy atom. The lowest BCUT2D eigenvalue weighted by molar-refractivity contribution is 0.749. The second-order valence-electron chi connectivity index (χ2n) is 17.8. The van der Waals surface area contributed by atoms with E-state index in [-0.39, 0.29) is 0 Å². The first kappa shape index (κ1) is 42.9. The number of hydrogen-bond donors (Lipinski definition) is 0. The fourth-order valence-corrected chi connectivity index (χ4v) is 9.82. The predicted molar refractivity (Wildman–Crippen MR) is 294 cm³/mol. The Morgan fingerprint density at radius 1 is 0.304 bits per heavy atom. The molecule has 0 heterocycles. The minimum absolute atomic E-state index is 0.521. The average Bonchev–Trinajstić information content (AvgIpc) is 3.43. The second-order valence-corrected chi connectivity index (χ2v) is 17.8. The van der Waals surface area contributed by atoms with Gasteiger partial charge >= 0.3 is 0 Å². The van der Waals surface area contributed by atoms with Crippen LogP contribution in [0.5, 0.6) is 0 Å². The topological polar surface area (TPSA) is 6.48 Å². The number of allylic oxidation sites excluding steroid dienone is 4. The molecule has 1 aliphatic rings. The van der Waals surface area contributed by atoms with Crippen LogP contribution in [0, 0.1) is 5.92 Å². The van der Waals surface area contributed by atoms with Gasteiger partial charge in [-0.15, -0.1) is 0 Å². The number of para-hydroxylation sites is 3. The van der Waals surface area contributed by atoms with Crippen molar-refractivity contribution < 1.29 is 0 Å². The molecule has 0 amide bonds. The summed E-state index contributed by atoms with van der Waals surface area (Å²) in [5, 5.41) is 0. The molecule has 2 heteroatoms. The highest BCUT2D eigenvalue weighted by molar-refractivity contribution is 5.97. The van der Waals surface area contributed by atoms with Gasteiger partial charge in [0.15, 0.2) is 0 Å². The Morgan fingerprint density at radius 2 is 0.725 bits per heavy atom. The van der Waals surface area contributed by atoms with E-state index in [1.165, 1.54) is 55.6 Å². The highest BCUT2D eigenvalue weighted by Crippen LogP contribution is 2.48. The Hall–Kier alpha value is -8.72.